The van der Waals surface area contributed by atoms with Gasteiger partial charge in [0.1, 0.15) is 18.4 Å². The smallest absolute Gasteiger partial charge is 0.355 e. The van der Waals surface area contributed by atoms with E-state index in [0.29, 0.717) is 29.4 Å². The first-order chi connectivity index (χ1) is 14.4. The number of aromatic amines is 1. The van der Waals surface area contributed by atoms with Crippen LogP contribution < -0.4 is 14.8 Å². The molecular formula is C21H24N2O7. The lowest BCUT2D eigenvalue weighted by Gasteiger charge is -2.26. The van der Waals surface area contributed by atoms with E-state index in [1.165, 1.54) is 0 Å². The van der Waals surface area contributed by atoms with Gasteiger partial charge >= 0.3 is 11.9 Å². The van der Waals surface area contributed by atoms with E-state index in [9.17, 15) is 14.4 Å². The maximum Gasteiger partial charge on any atom is 0.355 e. The third kappa shape index (κ3) is 4.73. The van der Waals surface area contributed by atoms with Crippen molar-refractivity contribution in [2.24, 2.45) is 0 Å². The molecule has 2 heterocycles. The van der Waals surface area contributed by atoms with Crippen LogP contribution in [0, 0.1) is 13.8 Å². The summed E-state index contributed by atoms with van der Waals surface area (Å²) in [6, 6.07) is 7.28. The predicted octanol–water partition coefficient (Wildman–Crippen LogP) is 1.92. The average Bonchev–Trinajstić information content (AvgIpc) is 3.04. The number of carbonyl (C=O) groups excluding carboxylic acids is 3. The Balaban J connectivity index is 1.49. The van der Waals surface area contributed by atoms with Crippen LogP contribution in [0.3, 0.4) is 0 Å². The minimum absolute atomic E-state index is 0.195. The van der Waals surface area contributed by atoms with Gasteiger partial charge in [0.2, 0.25) is 0 Å². The number of hydrogen-bond acceptors (Lipinski definition) is 7. The molecule has 0 saturated carbocycles. The molecule has 9 nitrogen and oxygen atoms in total. The molecule has 0 bridgehead atoms. The average molecular weight is 416 g/mol. The van der Waals surface area contributed by atoms with Crippen molar-refractivity contribution in [2.75, 3.05) is 26.4 Å². The van der Waals surface area contributed by atoms with Crippen molar-refractivity contribution in [1.29, 1.82) is 0 Å². The predicted molar refractivity (Wildman–Crippen MR) is 106 cm³/mol. The van der Waals surface area contributed by atoms with Gasteiger partial charge in [-0.05, 0) is 38.5 Å². The summed E-state index contributed by atoms with van der Waals surface area (Å²) in [7, 11) is 0. The van der Waals surface area contributed by atoms with Gasteiger partial charge in [0.05, 0.1) is 18.7 Å². The van der Waals surface area contributed by atoms with Gasteiger partial charge in [-0.25, -0.2) is 9.59 Å². The highest BCUT2D eigenvalue weighted by Crippen LogP contribution is 2.30. The van der Waals surface area contributed by atoms with Crippen molar-refractivity contribution in [2.45, 2.75) is 26.9 Å². The van der Waals surface area contributed by atoms with Crippen LogP contribution in [-0.4, -0.2) is 55.3 Å². The summed E-state index contributed by atoms with van der Waals surface area (Å²) in [6.45, 7) is 5.23. The molecule has 1 atom stereocenters. The van der Waals surface area contributed by atoms with Crippen molar-refractivity contribution < 1.29 is 33.3 Å². The van der Waals surface area contributed by atoms with Crippen molar-refractivity contribution in [3.8, 4) is 11.5 Å². The number of rotatable bonds is 7. The summed E-state index contributed by atoms with van der Waals surface area (Å²) in [5.74, 6) is -0.440. The van der Waals surface area contributed by atoms with E-state index in [-0.39, 0.29) is 30.5 Å². The van der Waals surface area contributed by atoms with Crippen LogP contribution in [-0.2, 0) is 14.3 Å². The number of aryl methyl sites for hydroxylation is 1. The molecular weight excluding hydrogens is 392 g/mol. The lowest BCUT2D eigenvalue weighted by molar-refractivity contribution is -0.124. The number of benzene rings is 1. The standard InChI is InChI=1S/C21H24N2O7/c1-4-27-21(26)19-12(2)18(13(3)23-19)20(25)29-11-17(24)22-9-14-10-28-15-7-5-6-8-16(15)30-14/h5-8,14,23H,4,9-11H2,1-3H3,(H,22,24)/t14-/m0/s1. The quantitative estimate of drug-likeness (QED) is 0.663. The second-order valence-electron chi connectivity index (χ2n) is 6.72. The van der Waals surface area contributed by atoms with Crippen LogP contribution in [0.4, 0.5) is 0 Å². The van der Waals surface area contributed by atoms with Gasteiger partial charge in [0.15, 0.2) is 18.1 Å². The number of amides is 1. The summed E-state index contributed by atoms with van der Waals surface area (Å²) < 4.78 is 21.4. The topological polar surface area (TPSA) is 116 Å². The molecule has 30 heavy (non-hydrogen) atoms. The van der Waals surface area contributed by atoms with E-state index < -0.39 is 24.5 Å². The first kappa shape index (κ1) is 21.2. The lowest BCUT2D eigenvalue weighted by atomic mass is 10.1. The Morgan fingerprint density at radius 3 is 2.60 bits per heavy atom. The van der Waals surface area contributed by atoms with Gasteiger partial charge in [-0.15, -0.1) is 0 Å². The Bertz CT molecular complexity index is 951. The Labute approximate surface area is 173 Å². The third-order valence-corrected chi connectivity index (χ3v) is 4.55. The fraction of sp³-hybridized carbons (Fsp3) is 0.381. The molecule has 0 fully saturated rings. The lowest BCUT2D eigenvalue weighted by Crippen LogP contribution is -2.42. The molecule has 0 saturated heterocycles. The molecule has 160 valence electrons. The fourth-order valence-corrected chi connectivity index (χ4v) is 3.11. The van der Waals surface area contributed by atoms with E-state index in [1.54, 1.807) is 26.8 Å². The minimum atomic E-state index is -0.696. The first-order valence-corrected chi connectivity index (χ1v) is 9.59. The van der Waals surface area contributed by atoms with Crippen LogP contribution in [0.1, 0.15) is 39.0 Å². The number of esters is 2. The minimum Gasteiger partial charge on any atom is -0.486 e. The van der Waals surface area contributed by atoms with Crippen molar-refractivity contribution >= 4 is 17.8 Å². The Morgan fingerprint density at radius 2 is 1.87 bits per heavy atom. The monoisotopic (exact) mass is 416 g/mol. The summed E-state index contributed by atoms with van der Waals surface area (Å²) in [5, 5.41) is 2.66. The van der Waals surface area contributed by atoms with Crippen LogP contribution in [0.2, 0.25) is 0 Å². The number of aromatic nitrogens is 1. The molecule has 0 aliphatic carbocycles. The molecule has 1 aromatic carbocycles. The van der Waals surface area contributed by atoms with Gasteiger partial charge in [0.25, 0.3) is 5.91 Å². The normalized spacial score (nSPS) is 14.7. The number of nitrogens with one attached hydrogen (secondary N) is 2. The second-order valence-corrected chi connectivity index (χ2v) is 6.72. The van der Waals surface area contributed by atoms with Crippen LogP contribution in [0.15, 0.2) is 24.3 Å². The molecule has 2 aromatic rings. The molecule has 3 rings (SSSR count). The molecule has 9 heteroatoms. The van der Waals surface area contributed by atoms with E-state index >= 15 is 0 Å². The maximum atomic E-state index is 12.4. The van der Waals surface area contributed by atoms with Gasteiger partial charge in [-0.2, -0.15) is 0 Å². The highest BCUT2D eigenvalue weighted by atomic mass is 16.6. The van der Waals surface area contributed by atoms with Gasteiger partial charge < -0.3 is 29.2 Å². The highest BCUT2D eigenvalue weighted by molar-refractivity contribution is 5.99. The summed E-state index contributed by atoms with van der Waals surface area (Å²) in [4.78, 5) is 39.3. The first-order valence-electron chi connectivity index (χ1n) is 9.59. The highest BCUT2D eigenvalue weighted by Gasteiger charge is 2.25. The zero-order valence-electron chi connectivity index (χ0n) is 17.1. The Kier molecular flexibility index (Phi) is 6.61. The summed E-state index contributed by atoms with van der Waals surface area (Å²) >= 11 is 0. The number of H-pyrrole nitrogens is 1. The SMILES string of the molecule is CCOC(=O)c1[nH]c(C)c(C(=O)OCC(=O)NC[C@H]2COc3ccccc3O2)c1C. The third-order valence-electron chi connectivity index (χ3n) is 4.55. The van der Waals surface area contributed by atoms with Gasteiger partial charge in [-0.3, -0.25) is 4.79 Å². The maximum absolute atomic E-state index is 12.4. The zero-order valence-corrected chi connectivity index (χ0v) is 17.1. The molecule has 1 aromatic heterocycles. The largest absolute Gasteiger partial charge is 0.486 e. The molecule has 1 aliphatic heterocycles. The second kappa shape index (κ2) is 9.34. The number of ether oxygens (including phenoxy) is 4. The van der Waals surface area contributed by atoms with Crippen LogP contribution in [0.25, 0.3) is 0 Å². The number of carbonyl (C=O) groups is 3. The number of para-hydroxylation sites is 2. The van der Waals surface area contributed by atoms with Crippen molar-refractivity contribution in [1.82, 2.24) is 10.3 Å². The summed E-state index contributed by atoms with van der Waals surface area (Å²) in [6.07, 6.45) is -0.346. The summed E-state index contributed by atoms with van der Waals surface area (Å²) in [5.41, 5.74) is 1.29. The van der Waals surface area contributed by atoms with Crippen molar-refractivity contribution in [3.05, 3.63) is 46.8 Å². The van der Waals surface area contributed by atoms with Gasteiger partial charge in [-0.1, -0.05) is 12.1 Å². The van der Waals surface area contributed by atoms with Crippen LogP contribution in [0.5, 0.6) is 11.5 Å². The molecule has 1 amide bonds. The van der Waals surface area contributed by atoms with E-state index in [1.807, 2.05) is 18.2 Å². The number of hydrogen-bond donors (Lipinski definition) is 2. The van der Waals surface area contributed by atoms with E-state index in [0.717, 1.165) is 0 Å². The van der Waals surface area contributed by atoms with E-state index in [4.69, 9.17) is 18.9 Å². The molecule has 1 aliphatic rings. The van der Waals surface area contributed by atoms with Crippen LogP contribution >= 0.6 is 0 Å². The zero-order chi connectivity index (χ0) is 21.7. The number of fused-ring (bicyclic) bond motifs is 1. The Morgan fingerprint density at radius 1 is 1.13 bits per heavy atom. The molecule has 2 N–H and O–H groups in total. The van der Waals surface area contributed by atoms with E-state index in [2.05, 4.69) is 10.3 Å². The molecule has 0 spiro atoms. The van der Waals surface area contributed by atoms with Gasteiger partial charge in [0, 0.05) is 5.69 Å². The Hall–Kier alpha value is -3.49. The molecule has 0 radical (unpaired) electrons. The van der Waals surface area contributed by atoms with Crippen molar-refractivity contribution in [3.63, 3.8) is 0 Å². The molecule has 0 unspecified atom stereocenters. The fourth-order valence-electron chi connectivity index (χ4n) is 3.11.